The number of nitriles is 1. The van der Waals surface area contributed by atoms with Crippen LogP contribution in [0, 0.1) is 11.3 Å². The van der Waals surface area contributed by atoms with Crippen LogP contribution in [0.5, 0.6) is 0 Å². The largest absolute Gasteiger partial charge is 0.397 e. The van der Waals surface area contributed by atoms with E-state index >= 15 is 0 Å². The summed E-state index contributed by atoms with van der Waals surface area (Å²) in [5, 5.41) is 11.2. The van der Waals surface area contributed by atoms with Gasteiger partial charge in [-0.2, -0.15) is 5.26 Å². The number of fused-ring (bicyclic) bond motifs is 1. The molecule has 0 fully saturated rings. The SMILES string of the molecule is CS1(=O)=CC(c2ccc(Cl)cc2)=Nc2ncc(C#N)c(N)c21. The maximum absolute atomic E-state index is 13.0. The van der Waals surface area contributed by atoms with Crippen molar-refractivity contribution < 1.29 is 4.21 Å². The van der Waals surface area contributed by atoms with Crippen molar-refractivity contribution >= 4 is 43.7 Å². The van der Waals surface area contributed by atoms with Crippen LogP contribution < -0.4 is 5.73 Å². The van der Waals surface area contributed by atoms with E-state index in [1.807, 2.05) is 6.07 Å². The second-order valence-electron chi connectivity index (χ2n) is 4.88. The van der Waals surface area contributed by atoms with Gasteiger partial charge in [-0.3, -0.25) is 4.21 Å². The van der Waals surface area contributed by atoms with Crippen molar-refractivity contribution in [3.63, 3.8) is 0 Å². The van der Waals surface area contributed by atoms with Gasteiger partial charge in [0.05, 0.1) is 21.9 Å². The number of aliphatic imine (C=N–C) groups is 1. The molecule has 110 valence electrons. The zero-order valence-electron chi connectivity index (χ0n) is 11.6. The predicted molar refractivity (Wildman–Crippen MR) is 89.4 cm³/mol. The van der Waals surface area contributed by atoms with E-state index < -0.39 is 9.52 Å². The summed E-state index contributed by atoms with van der Waals surface area (Å²) in [6, 6.07) is 9.01. The highest BCUT2D eigenvalue weighted by molar-refractivity contribution is 8.02. The van der Waals surface area contributed by atoms with Crippen molar-refractivity contribution in [3.8, 4) is 6.07 Å². The van der Waals surface area contributed by atoms with Crippen LogP contribution in [0.1, 0.15) is 11.1 Å². The lowest BCUT2D eigenvalue weighted by molar-refractivity contribution is 0.684. The maximum atomic E-state index is 13.0. The highest BCUT2D eigenvalue weighted by Gasteiger charge is 2.24. The number of nitrogen functional groups attached to an aromatic ring is 1. The van der Waals surface area contributed by atoms with Gasteiger partial charge in [0.25, 0.3) is 0 Å². The first-order valence-corrected chi connectivity index (χ1v) is 8.70. The number of hydrogen-bond donors (Lipinski definition) is 1. The number of halogens is 1. The number of hydrogen-bond acceptors (Lipinski definition) is 5. The highest BCUT2D eigenvalue weighted by atomic mass is 35.5. The number of aromatic nitrogens is 1. The monoisotopic (exact) mass is 330 g/mol. The Balaban J connectivity index is 2.26. The standard InChI is InChI=1S/C15H11ClN4OS/c1-22(21)8-12(9-2-4-11(16)5-3-9)20-15-14(22)13(18)10(6-17)7-19-15/h2-5,7-8H,1H3,(H2,18,19,20). The van der Waals surface area contributed by atoms with Crippen molar-refractivity contribution in [3.05, 3.63) is 46.6 Å². The van der Waals surface area contributed by atoms with Crippen LogP contribution in [0.3, 0.4) is 0 Å². The first-order chi connectivity index (χ1) is 10.4. The van der Waals surface area contributed by atoms with Gasteiger partial charge in [0.2, 0.25) is 0 Å². The Morgan fingerprint density at radius 2 is 2.00 bits per heavy atom. The molecule has 1 aliphatic heterocycles. The second-order valence-corrected chi connectivity index (χ2v) is 7.76. The Bertz CT molecular complexity index is 964. The van der Waals surface area contributed by atoms with Crippen LogP contribution in [-0.4, -0.2) is 26.5 Å². The Hall–Kier alpha value is -2.36. The molecule has 0 spiro atoms. The molecule has 0 amide bonds. The van der Waals surface area contributed by atoms with Gasteiger partial charge in [-0.05, 0) is 12.1 Å². The molecule has 1 aromatic carbocycles. The van der Waals surface area contributed by atoms with Crippen molar-refractivity contribution in [2.24, 2.45) is 4.99 Å². The van der Waals surface area contributed by atoms with Gasteiger partial charge < -0.3 is 5.73 Å². The third kappa shape index (κ3) is 2.34. The molecule has 1 unspecified atom stereocenters. The van der Waals surface area contributed by atoms with E-state index in [2.05, 4.69) is 9.98 Å². The van der Waals surface area contributed by atoms with Crippen molar-refractivity contribution in [2.75, 3.05) is 12.0 Å². The topological polar surface area (TPSA) is 92.1 Å². The number of nitrogens with two attached hydrogens (primary N) is 1. The number of pyridine rings is 1. The molecule has 2 heterocycles. The van der Waals surface area contributed by atoms with E-state index in [1.165, 1.54) is 6.20 Å². The minimum atomic E-state index is -2.59. The van der Waals surface area contributed by atoms with Gasteiger partial charge in [-0.25, -0.2) is 9.98 Å². The summed E-state index contributed by atoms with van der Waals surface area (Å²) < 4.78 is 13.0. The maximum Gasteiger partial charge on any atom is 0.170 e. The summed E-state index contributed by atoms with van der Waals surface area (Å²) in [5.74, 6) is 0.288. The molecular weight excluding hydrogens is 320 g/mol. The Morgan fingerprint density at radius 1 is 1.32 bits per heavy atom. The van der Waals surface area contributed by atoms with Crippen molar-refractivity contribution in [2.45, 2.75) is 4.90 Å². The fourth-order valence-electron chi connectivity index (χ4n) is 2.23. The summed E-state index contributed by atoms with van der Waals surface area (Å²) in [4.78, 5) is 8.86. The summed E-state index contributed by atoms with van der Waals surface area (Å²) in [6.45, 7) is 0. The second kappa shape index (κ2) is 5.13. The zero-order chi connectivity index (χ0) is 15.9. The Morgan fingerprint density at radius 3 is 2.64 bits per heavy atom. The molecule has 0 radical (unpaired) electrons. The molecule has 0 saturated heterocycles. The van der Waals surface area contributed by atoms with E-state index in [9.17, 15) is 4.21 Å². The van der Waals surface area contributed by atoms with Crippen LogP contribution in [0.2, 0.25) is 5.02 Å². The third-order valence-corrected chi connectivity index (χ3v) is 5.42. The average molecular weight is 331 g/mol. The van der Waals surface area contributed by atoms with Gasteiger partial charge in [-0.1, -0.05) is 23.7 Å². The predicted octanol–water partition coefficient (Wildman–Crippen LogP) is 2.40. The van der Waals surface area contributed by atoms with Gasteiger partial charge in [0.1, 0.15) is 6.07 Å². The van der Waals surface area contributed by atoms with Crippen LogP contribution in [0.15, 0.2) is 40.4 Å². The van der Waals surface area contributed by atoms with E-state index in [0.29, 0.717) is 15.6 Å². The van der Waals surface area contributed by atoms with Crippen LogP contribution in [0.25, 0.3) is 0 Å². The lowest BCUT2D eigenvalue weighted by Gasteiger charge is -2.17. The lowest BCUT2D eigenvalue weighted by atomic mass is 10.1. The smallest absolute Gasteiger partial charge is 0.170 e. The van der Waals surface area contributed by atoms with Gasteiger partial charge in [0.15, 0.2) is 5.82 Å². The quantitative estimate of drug-likeness (QED) is 0.812. The van der Waals surface area contributed by atoms with E-state index in [0.717, 1.165) is 5.56 Å². The number of benzene rings is 1. The average Bonchev–Trinajstić information content (AvgIpc) is 2.47. The highest BCUT2D eigenvalue weighted by Crippen LogP contribution is 2.33. The van der Waals surface area contributed by atoms with E-state index in [-0.39, 0.29) is 17.1 Å². The molecular formula is C15H11ClN4OS. The normalized spacial score (nSPS) is 19.6. The summed E-state index contributed by atoms with van der Waals surface area (Å²) in [5.41, 5.74) is 7.66. The number of rotatable bonds is 1. The minimum Gasteiger partial charge on any atom is -0.397 e. The zero-order valence-corrected chi connectivity index (χ0v) is 13.1. The lowest BCUT2D eigenvalue weighted by Crippen LogP contribution is -2.18. The van der Waals surface area contributed by atoms with E-state index in [1.54, 1.807) is 35.9 Å². The van der Waals surface area contributed by atoms with Crippen molar-refractivity contribution in [1.29, 1.82) is 5.26 Å². The van der Waals surface area contributed by atoms with E-state index in [4.69, 9.17) is 22.6 Å². The molecule has 22 heavy (non-hydrogen) atoms. The molecule has 0 bridgehead atoms. The first kappa shape index (κ1) is 14.6. The Kier molecular flexibility index (Phi) is 3.39. The van der Waals surface area contributed by atoms with Gasteiger partial charge >= 0.3 is 0 Å². The molecule has 0 saturated carbocycles. The Labute approximate surface area is 133 Å². The molecule has 1 atom stereocenters. The van der Waals surface area contributed by atoms with Gasteiger partial charge in [0, 0.05) is 37.9 Å². The molecule has 0 aliphatic carbocycles. The fourth-order valence-corrected chi connectivity index (χ4v) is 4.10. The summed E-state index contributed by atoms with van der Waals surface area (Å²) in [7, 11) is -2.59. The van der Waals surface area contributed by atoms with Crippen LogP contribution in [0.4, 0.5) is 11.5 Å². The fraction of sp³-hybridized carbons (Fsp3) is 0.0667. The summed E-state index contributed by atoms with van der Waals surface area (Å²) in [6.07, 6.45) is 2.91. The molecule has 1 aromatic heterocycles. The minimum absolute atomic E-state index is 0.176. The third-order valence-electron chi connectivity index (χ3n) is 3.28. The molecule has 1 aliphatic rings. The first-order valence-electron chi connectivity index (χ1n) is 6.29. The molecule has 2 aromatic rings. The number of nitrogens with zero attached hydrogens (tertiary/aromatic N) is 3. The summed E-state index contributed by atoms with van der Waals surface area (Å²) >= 11 is 5.88. The van der Waals surface area contributed by atoms with Gasteiger partial charge in [-0.15, -0.1) is 0 Å². The molecule has 2 N–H and O–H groups in total. The molecule has 3 rings (SSSR count). The number of anilines is 1. The molecule has 7 heteroatoms. The van der Waals surface area contributed by atoms with Crippen LogP contribution in [-0.2, 0) is 9.52 Å². The van der Waals surface area contributed by atoms with Crippen LogP contribution >= 0.6 is 11.6 Å². The molecule has 5 nitrogen and oxygen atoms in total. The van der Waals surface area contributed by atoms with Crippen molar-refractivity contribution in [1.82, 2.24) is 4.98 Å².